The Bertz CT molecular complexity index is 497. The third kappa shape index (κ3) is 3.51. The minimum absolute atomic E-state index is 0.0741. The fourth-order valence-corrected chi connectivity index (χ4v) is 2.15. The van der Waals surface area contributed by atoms with Crippen molar-refractivity contribution in [2.75, 3.05) is 0 Å². The van der Waals surface area contributed by atoms with Crippen LogP contribution in [0.5, 0.6) is 5.75 Å². The summed E-state index contributed by atoms with van der Waals surface area (Å²) in [6.45, 7) is 4.47. The highest BCUT2D eigenvalue weighted by Gasteiger charge is 2.09. The van der Waals surface area contributed by atoms with Crippen LogP contribution in [0, 0.1) is 6.92 Å². The van der Waals surface area contributed by atoms with Gasteiger partial charge < -0.3 is 10.5 Å². The van der Waals surface area contributed by atoms with Gasteiger partial charge >= 0.3 is 0 Å². The summed E-state index contributed by atoms with van der Waals surface area (Å²) in [6, 6.07) is 3.98. The summed E-state index contributed by atoms with van der Waals surface area (Å²) >= 11 is 1.58. The first-order valence-electron chi connectivity index (χ1n) is 5.87. The van der Waals surface area contributed by atoms with Crippen LogP contribution in [0.3, 0.4) is 0 Å². The van der Waals surface area contributed by atoms with Crippen LogP contribution in [0.2, 0.25) is 0 Å². The third-order valence-corrected chi connectivity index (χ3v) is 3.19. The SMILES string of the molecule is Cc1ccc(OCc2cncs2)c(CC(C)N)n1. The Labute approximate surface area is 111 Å². The molecule has 1 atom stereocenters. The van der Waals surface area contributed by atoms with Crippen LogP contribution in [-0.4, -0.2) is 16.0 Å². The summed E-state index contributed by atoms with van der Waals surface area (Å²) in [5.41, 5.74) is 9.54. The first kappa shape index (κ1) is 13.0. The molecule has 0 spiro atoms. The molecule has 2 aromatic rings. The van der Waals surface area contributed by atoms with E-state index in [-0.39, 0.29) is 6.04 Å². The third-order valence-electron chi connectivity index (χ3n) is 2.44. The molecule has 0 fully saturated rings. The van der Waals surface area contributed by atoms with Gasteiger partial charge in [-0.15, -0.1) is 11.3 Å². The Morgan fingerprint density at radius 2 is 2.28 bits per heavy atom. The van der Waals surface area contributed by atoms with Crippen molar-refractivity contribution in [1.82, 2.24) is 9.97 Å². The molecular formula is C13H17N3OS. The van der Waals surface area contributed by atoms with Crippen LogP contribution in [-0.2, 0) is 13.0 Å². The van der Waals surface area contributed by atoms with E-state index in [1.54, 1.807) is 16.8 Å². The molecule has 0 amide bonds. The van der Waals surface area contributed by atoms with Crippen molar-refractivity contribution < 1.29 is 4.74 Å². The highest BCUT2D eigenvalue weighted by atomic mass is 32.1. The van der Waals surface area contributed by atoms with Gasteiger partial charge in [0.25, 0.3) is 0 Å². The van der Waals surface area contributed by atoms with Crippen LogP contribution in [0.15, 0.2) is 23.8 Å². The maximum Gasteiger partial charge on any atom is 0.141 e. The molecule has 0 radical (unpaired) electrons. The maximum absolute atomic E-state index is 5.83. The van der Waals surface area contributed by atoms with Crippen molar-refractivity contribution in [3.63, 3.8) is 0 Å². The van der Waals surface area contributed by atoms with E-state index in [2.05, 4.69) is 9.97 Å². The summed E-state index contributed by atoms with van der Waals surface area (Å²) in [5, 5.41) is 0. The van der Waals surface area contributed by atoms with Gasteiger partial charge in [-0.25, -0.2) is 0 Å². The molecule has 1 unspecified atom stereocenters. The lowest BCUT2D eigenvalue weighted by Gasteiger charge is -2.12. The van der Waals surface area contributed by atoms with Gasteiger partial charge in [0.15, 0.2) is 0 Å². The van der Waals surface area contributed by atoms with Gasteiger partial charge in [0, 0.05) is 24.4 Å². The van der Waals surface area contributed by atoms with E-state index in [4.69, 9.17) is 10.5 Å². The second-order valence-electron chi connectivity index (χ2n) is 4.34. The van der Waals surface area contributed by atoms with Crippen LogP contribution in [0.1, 0.15) is 23.2 Å². The highest BCUT2D eigenvalue weighted by Crippen LogP contribution is 2.20. The number of thiazole rings is 1. The zero-order chi connectivity index (χ0) is 13.0. The second kappa shape index (κ2) is 5.93. The van der Waals surface area contributed by atoms with Crippen LogP contribution in [0.25, 0.3) is 0 Å². The van der Waals surface area contributed by atoms with E-state index in [1.165, 1.54) is 0 Å². The van der Waals surface area contributed by atoms with Gasteiger partial charge in [0.05, 0.1) is 16.1 Å². The lowest BCUT2D eigenvalue weighted by atomic mass is 10.1. The normalized spacial score (nSPS) is 12.4. The number of aryl methyl sites for hydroxylation is 1. The molecule has 2 aromatic heterocycles. The van der Waals surface area contributed by atoms with E-state index < -0.39 is 0 Å². The molecule has 0 aliphatic rings. The molecule has 4 nitrogen and oxygen atoms in total. The Morgan fingerprint density at radius 3 is 2.94 bits per heavy atom. The standard InChI is InChI=1S/C13H17N3OS/c1-9(14)5-12-13(4-3-10(2)16-12)17-7-11-6-15-8-18-11/h3-4,6,8-9H,5,7,14H2,1-2H3. The molecule has 0 aliphatic heterocycles. The van der Waals surface area contributed by atoms with E-state index in [1.807, 2.05) is 32.2 Å². The van der Waals surface area contributed by atoms with Gasteiger partial charge in [-0.1, -0.05) is 0 Å². The van der Waals surface area contributed by atoms with Crippen LogP contribution in [0.4, 0.5) is 0 Å². The lowest BCUT2D eigenvalue weighted by Crippen LogP contribution is -2.19. The van der Waals surface area contributed by atoms with Gasteiger partial charge in [-0.05, 0) is 26.0 Å². The molecule has 18 heavy (non-hydrogen) atoms. The van der Waals surface area contributed by atoms with Crippen LogP contribution >= 0.6 is 11.3 Å². The maximum atomic E-state index is 5.83. The number of hydrogen-bond acceptors (Lipinski definition) is 5. The first-order valence-corrected chi connectivity index (χ1v) is 6.75. The molecule has 0 saturated heterocycles. The topological polar surface area (TPSA) is 61.0 Å². The molecule has 0 bridgehead atoms. The minimum atomic E-state index is 0.0741. The Hall–Kier alpha value is -1.46. The zero-order valence-corrected chi connectivity index (χ0v) is 11.4. The summed E-state index contributed by atoms with van der Waals surface area (Å²) < 4.78 is 5.79. The molecule has 2 rings (SSSR count). The largest absolute Gasteiger partial charge is 0.486 e. The average Bonchev–Trinajstić information content (AvgIpc) is 2.80. The molecule has 2 N–H and O–H groups in total. The lowest BCUT2D eigenvalue weighted by molar-refractivity contribution is 0.303. The summed E-state index contributed by atoms with van der Waals surface area (Å²) in [6.07, 6.45) is 2.54. The number of ether oxygens (including phenoxy) is 1. The smallest absolute Gasteiger partial charge is 0.141 e. The van der Waals surface area contributed by atoms with E-state index in [0.717, 1.165) is 28.4 Å². The van der Waals surface area contributed by atoms with Crippen molar-refractivity contribution in [3.05, 3.63) is 40.1 Å². The number of aromatic nitrogens is 2. The predicted octanol–water partition coefficient (Wildman–Crippen LogP) is 2.32. The molecule has 0 saturated carbocycles. The number of nitrogens with two attached hydrogens (primary N) is 1. The number of rotatable bonds is 5. The second-order valence-corrected chi connectivity index (χ2v) is 5.31. The van der Waals surface area contributed by atoms with Gasteiger partial charge in [-0.3, -0.25) is 9.97 Å². The van der Waals surface area contributed by atoms with E-state index in [0.29, 0.717) is 6.61 Å². The summed E-state index contributed by atoms with van der Waals surface area (Å²) in [7, 11) is 0. The van der Waals surface area contributed by atoms with Crippen molar-refractivity contribution in [2.24, 2.45) is 5.73 Å². The van der Waals surface area contributed by atoms with E-state index in [9.17, 15) is 0 Å². The monoisotopic (exact) mass is 263 g/mol. The quantitative estimate of drug-likeness (QED) is 0.899. The molecule has 5 heteroatoms. The minimum Gasteiger partial charge on any atom is -0.486 e. The van der Waals surface area contributed by atoms with Crippen molar-refractivity contribution in [1.29, 1.82) is 0 Å². The average molecular weight is 263 g/mol. The van der Waals surface area contributed by atoms with Gasteiger partial charge in [-0.2, -0.15) is 0 Å². The Morgan fingerprint density at radius 1 is 1.44 bits per heavy atom. The zero-order valence-electron chi connectivity index (χ0n) is 10.6. The molecular weight excluding hydrogens is 246 g/mol. The molecule has 0 aliphatic carbocycles. The van der Waals surface area contributed by atoms with Gasteiger partial charge in [0.2, 0.25) is 0 Å². The Balaban J connectivity index is 2.10. The highest BCUT2D eigenvalue weighted by molar-refractivity contribution is 7.09. The van der Waals surface area contributed by atoms with Crippen molar-refractivity contribution >= 4 is 11.3 Å². The summed E-state index contributed by atoms with van der Waals surface area (Å²) in [4.78, 5) is 9.62. The summed E-state index contributed by atoms with van der Waals surface area (Å²) in [5.74, 6) is 0.811. The van der Waals surface area contributed by atoms with E-state index >= 15 is 0 Å². The van der Waals surface area contributed by atoms with Crippen molar-refractivity contribution in [2.45, 2.75) is 32.9 Å². The fraction of sp³-hybridized carbons (Fsp3) is 0.385. The molecule has 0 aromatic carbocycles. The molecule has 2 heterocycles. The predicted molar refractivity (Wildman–Crippen MR) is 72.8 cm³/mol. The first-order chi connectivity index (χ1) is 8.65. The van der Waals surface area contributed by atoms with Gasteiger partial charge in [0.1, 0.15) is 12.4 Å². The number of nitrogens with zero attached hydrogens (tertiary/aromatic N) is 2. The van der Waals surface area contributed by atoms with Crippen molar-refractivity contribution in [3.8, 4) is 5.75 Å². The number of pyridine rings is 1. The fourth-order valence-electron chi connectivity index (χ4n) is 1.64. The number of hydrogen-bond donors (Lipinski definition) is 1. The van der Waals surface area contributed by atoms with Crippen LogP contribution < -0.4 is 10.5 Å². The Kier molecular flexibility index (Phi) is 4.28. The molecule has 96 valence electrons.